The van der Waals surface area contributed by atoms with Crippen LogP contribution < -0.4 is 10.6 Å². The number of hydrogen-bond donors (Lipinski definition) is 1. The standard InChI is InChI=1S/C13H20N2O2/c1-5-15(6-2)12-7-9(3)10(8-11(12)14)13(16)17-4/h7-8H,5-6,14H2,1-4H3. The molecule has 0 bridgehead atoms. The minimum atomic E-state index is -0.347. The molecule has 2 N–H and O–H groups in total. The van der Waals surface area contributed by atoms with Crippen molar-refractivity contribution < 1.29 is 9.53 Å². The Kier molecular flexibility index (Phi) is 4.37. The molecule has 0 radical (unpaired) electrons. The molecular weight excluding hydrogens is 216 g/mol. The van der Waals surface area contributed by atoms with Crippen LogP contribution in [0, 0.1) is 6.92 Å². The number of nitrogen functional groups attached to an aromatic ring is 1. The van der Waals surface area contributed by atoms with Crippen molar-refractivity contribution in [2.45, 2.75) is 20.8 Å². The molecular formula is C13H20N2O2. The first-order valence-electron chi connectivity index (χ1n) is 5.78. The maximum absolute atomic E-state index is 11.5. The van der Waals surface area contributed by atoms with Crippen molar-refractivity contribution in [1.82, 2.24) is 0 Å². The molecule has 0 unspecified atom stereocenters. The quantitative estimate of drug-likeness (QED) is 0.643. The molecule has 0 atom stereocenters. The number of carbonyl (C=O) groups is 1. The molecule has 0 spiro atoms. The second-order valence-electron chi connectivity index (χ2n) is 3.89. The highest BCUT2D eigenvalue weighted by molar-refractivity contribution is 5.93. The minimum Gasteiger partial charge on any atom is -0.465 e. The maximum Gasteiger partial charge on any atom is 0.338 e. The lowest BCUT2D eigenvalue weighted by Crippen LogP contribution is -2.23. The molecule has 94 valence electrons. The SMILES string of the molecule is CCN(CC)c1cc(C)c(C(=O)OC)cc1N. The summed E-state index contributed by atoms with van der Waals surface area (Å²) in [4.78, 5) is 13.7. The van der Waals surface area contributed by atoms with Crippen LogP contribution in [0.25, 0.3) is 0 Å². The number of hydrogen-bond acceptors (Lipinski definition) is 4. The monoisotopic (exact) mass is 236 g/mol. The Balaban J connectivity index is 3.22. The molecule has 0 aliphatic carbocycles. The van der Waals surface area contributed by atoms with Gasteiger partial charge in [-0.05, 0) is 38.5 Å². The molecule has 1 rings (SSSR count). The van der Waals surface area contributed by atoms with Crippen LogP contribution in [0.4, 0.5) is 11.4 Å². The van der Waals surface area contributed by atoms with Gasteiger partial charge in [0, 0.05) is 13.1 Å². The number of ether oxygens (including phenoxy) is 1. The summed E-state index contributed by atoms with van der Waals surface area (Å²) in [6.45, 7) is 7.81. The second-order valence-corrected chi connectivity index (χ2v) is 3.89. The van der Waals surface area contributed by atoms with Gasteiger partial charge in [0.15, 0.2) is 0 Å². The number of benzene rings is 1. The fraction of sp³-hybridized carbons (Fsp3) is 0.462. The summed E-state index contributed by atoms with van der Waals surface area (Å²) in [5.41, 5.74) is 8.98. The Morgan fingerprint density at radius 1 is 1.35 bits per heavy atom. The third-order valence-corrected chi connectivity index (χ3v) is 2.88. The topological polar surface area (TPSA) is 55.6 Å². The van der Waals surface area contributed by atoms with E-state index >= 15 is 0 Å². The van der Waals surface area contributed by atoms with E-state index in [-0.39, 0.29) is 5.97 Å². The third-order valence-electron chi connectivity index (χ3n) is 2.88. The molecule has 4 nitrogen and oxygen atoms in total. The average molecular weight is 236 g/mol. The number of methoxy groups -OCH3 is 1. The first kappa shape index (κ1) is 13.4. The van der Waals surface area contributed by atoms with Gasteiger partial charge in [0.25, 0.3) is 0 Å². The average Bonchev–Trinajstić information content (AvgIpc) is 2.33. The van der Waals surface area contributed by atoms with Crippen LogP contribution >= 0.6 is 0 Å². The summed E-state index contributed by atoms with van der Waals surface area (Å²) < 4.78 is 4.72. The molecule has 0 aliphatic heterocycles. The highest BCUT2D eigenvalue weighted by atomic mass is 16.5. The van der Waals surface area contributed by atoms with Gasteiger partial charge in [0.1, 0.15) is 0 Å². The normalized spacial score (nSPS) is 10.1. The molecule has 1 aromatic rings. The Labute approximate surface area is 102 Å². The maximum atomic E-state index is 11.5. The Morgan fingerprint density at radius 3 is 2.41 bits per heavy atom. The van der Waals surface area contributed by atoms with Gasteiger partial charge in [-0.2, -0.15) is 0 Å². The summed E-state index contributed by atoms with van der Waals surface area (Å²) in [7, 11) is 1.37. The van der Waals surface area contributed by atoms with E-state index in [1.165, 1.54) is 7.11 Å². The molecule has 0 saturated heterocycles. The van der Waals surface area contributed by atoms with Crippen LogP contribution in [0.2, 0.25) is 0 Å². The summed E-state index contributed by atoms with van der Waals surface area (Å²) in [5.74, 6) is -0.347. The van der Waals surface area contributed by atoms with Gasteiger partial charge in [-0.15, -0.1) is 0 Å². The number of aryl methyl sites for hydroxylation is 1. The number of rotatable bonds is 4. The van der Waals surface area contributed by atoms with E-state index in [0.29, 0.717) is 11.3 Å². The first-order chi connectivity index (χ1) is 8.04. The number of nitrogens with two attached hydrogens (primary N) is 1. The van der Waals surface area contributed by atoms with Crippen molar-refractivity contribution in [3.63, 3.8) is 0 Å². The number of anilines is 2. The van der Waals surface area contributed by atoms with Crippen molar-refractivity contribution >= 4 is 17.3 Å². The van der Waals surface area contributed by atoms with Crippen molar-refractivity contribution in [2.75, 3.05) is 30.8 Å². The first-order valence-corrected chi connectivity index (χ1v) is 5.78. The number of esters is 1. The summed E-state index contributed by atoms with van der Waals surface area (Å²) >= 11 is 0. The molecule has 1 aromatic carbocycles. The van der Waals surface area contributed by atoms with E-state index in [4.69, 9.17) is 10.5 Å². The van der Waals surface area contributed by atoms with Crippen molar-refractivity contribution in [2.24, 2.45) is 0 Å². The van der Waals surface area contributed by atoms with E-state index < -0.39 is 0 Å². The third kappa shape index (κ3) is 2.70. The van der Waals surface area contributed by atoms with Gasteiger partial charge in [-0.25, -0.2) is 4.79 Å². The Bertz CT molecular complexity index is 412. The van der Waals surface area contributed by atoms with Gasteiger partial charge in [0.2, 0.25) is 0 Å². The molecule has 0 saturated carbocycles. The lowest BCUT2D eigenvalue weighted by Gasteiger charge is -2.23. The highest BCUT2D eigenvalue weighted by Crippen LogP contribution is 2.27. The molecule has 4 heteroatoms. The molecule has 0 aromatic heterocycles. The highest BCUT2D eigenvalue weighted by Gasteiger charge is 2.14. The van der Waals surface area contributed by atoms with Crippen LogP contribution in [-0.4, -0.2) is 26.2 Å². The van der Waals surface area contributed by atoms with E-state index in [1.807, 2.05) is 13.0 Å². The smallest absolute Gasteiger partial charge is 0.338 e. The lowest BCUT2D eigenvalue weighted by atomic mass is 10.1. The van der Waals surface area contributed by atoms with Gasteiger partial charge in [-0.1, -0.05) is 0 Å². The van der Waals surface area contributed by atoms with Crippen molar-refractivity contribution in [3.8, 4) is 0 Å². The molecule has 17 heavy (non-hydrogen) atoms. The van der Waals surface area contributed by atoms with Crippen molar-refractivity contribution in [1.29, 1.82) is 0 Å². The van der Waals surface area contributed by atoms with Crippen molar-refractivity contribution in [3.05, 3.63) is 23.3 Å². The van der Waals surface area contributed by atoms with Crippen LogP contribution in [-0.2, 0) is 4.74 Å². The van der Waals surface area contributed by atoms with Crippen LogP contribution in [0.1, 0.15) is 29.8 Å². The van der Waals surface area contributed by atoms with Crippen LogP contribution in [0.3, 0.4) is 0 Å². The molecule has 0 fully saturated rings. The fourth-order valence-corrected chi connectivity index (χ4v) is 1.88. The fourth-order valence-electron chi connectivity index (χ4n) is 1.88. The zero-order valence-corrected chi connectivity index (χ0v) is 10.9. The number of nitrogens with zero attached hydrogens (tertiary/aromatic N) is 1. The summed E-state index contributed by atoms with van der Waals surface area (Å²) in [6.07, 6.45) is 0. The van der Waals surface area contributed by atoms with E-state index in [0.717, 1.165) is 24.3 Å². The van der Waals surface area contributed by atoms with Gasteiger partial charge in [-0.3, -0.25) is 0 Å². The Morgan fingerprint density at radius 2 is 1.94 bits per heavy atom. The molecule has 0 heterocycles. The number of carbonyl (C=O) groups excluding carboxylic acids is 1. The lowest BCUT2D eigenvalue weighted by molar-refractivity contribution is 0.0600. The Hall–Kier alpha value is -1.71. The zero-order valence-electron chi connectivity index (χ0n) is 10.9. The van der Waals surface area contributed by atoms with Gasteiger partial charge in [0.05, 0.1) is 24.0 Å². The largest absolute Gasteiger partial charge is 0.465 e. The predicted octanol–water partition coefficient (Wildman–Crippen LogP) is 2.21. The summed E-state index contributed by atoms with van der Waals surface area (Å²) in [5, 5.41) is 0. The molecule has 0 amide bonds. The van der Waals surface area contributed by atoms with Gasteiger partial charge < -0.3 is 15.4 Å². The van der Waals surface area contributed by atoms with E-state index in [1.54, 1.807) is 6.07 Å². The minimum absolute atomic E-state index is 0.347. The van der Waals surface area contributed by atoms with E-state index in [9.17, 15) is 4.79 Å². The van der Waals surface area contributed by atoms with E-state index in [2.05, 4.69) is 18.7 Å². The second kappa shape index (κ2) is 5.57. The van der Waals surface area contributed by atoms with Crippen LogP contribution in [0.5, 0.6) is 0 Å². The molecule has 0 aliphatic rings. The van der Waals surface area contributed by atoms with Crippen LogP contribution in [0.15, 0.2) is 12.1 Å². The van der Waals surface area contributed by atoms with Gasteiger partial charge >= 0.3 is 5.97 Å². The summed E-state index contributed by atoms with van der Waals surface area (Å²) in [6, 6.07) is 3.63. The predicted molar refractivity (Wildman–Crippen MR) is 70.5 cm³/mol. The zero-order chi connectivity index (χ0) is 13.0.